The first-order valence-electron chi connectivity index (χ1n) is 8.02. The average molecular weight is 366 g/mol. The zero-order valence-corrected chi connectivity index (χ0v) is 14.7. The zero-order valence-electron chi connectivity index (χ0n) is 13.0. The lowest BCUT2D eigenvalue weighted by Crippen LogP contribution is -2.35. The second-order valence-corrected chi connectivity index (χ2v) is 9.66. The van der Waals surface area contributed by atoms with Crippen LogP contribution in [0.5, 0.6) is 0 Å². The first-order chi connectivity index (χ1) is 11.4. The van der Waals surface area contributed by atoms with Crippen molar-refractivity contribution in [2.75, 3.05) is 17.2 Å². The molecular weight excluding hydrogens is 348 g/mol. The van der Waals surface area contributed by atoms with Crippen LogP contribution in [-0.4, -0.2) is 42.1 Å². The van der Waals surface area contributed by atoms with Crippen molar-refractivity contribution in [3.05, 3.63) is 16.1 Å². The van der Waals surface area contributed by atoms with Crippen molar-refractivity contribution in [3.63, 3.8) is 0 Å². The van der Waals surface area contributed by atoms with Gasteiger partial charge in [-0.1, -0.05) is 0 Å². The molecule has 7 nitrogen and oxygen atoms in total. The largest absolute Gasteiger partial charge is 0.397 e. The second kappa shape index (κ2) is 5.66. The number of aryl methyl sites for hydroxylation is 2. The van der Waals surface area contributed by atoms with E-state index in [2.05, 4.69) is 15.5 Å². The molecule has 3 N–H and O–H groups in total. The van der Waals surface area contributed by atoms with Crippen LogP contribution >= 0.6 is 11.3 Å². The SMILES string of the molecule is Nc1c(C(=O)NC2CCS(=O)(=O)C2)sc2nnc3c(c12)CCCC3. The van der Waals surface area contributed by atoms with Crippen molar-refractivity contribution in [1.82, 2.24) is 15.5 Å². The van der Waals surface area contributed by atoms with Gasteiger partial charge in [-0.2, -0.15) is 5.10 Å². The molecule has 1 fully saturated rings. The van der Waals surface area contributed by atoms with Crippen LogP contribution < -0.4 is 11.1 Å². The summed E-state index contributed by atoms with van der Waals surface area (Å²) in [6, 6.07) is -0.341. The van der Waals surface area contributed by atoms with E-state index in [0.717, 1.165) is 42.3 Å². The Hall–Kier alpha value is -1.74. The Morgan fingerprint density at radius 2 is 2.04 bits per heavy atom. The van der Waals surface area contributed by atoms with Gasteiger partial charge in [-0.05, 0) is 37.7 Å². The molecule has 0 bridgehead atoms. The summed E-state index contributed by atoms with van der Waals surface area (Å²) in [4.78, 5) is 13.6. The summed E-state index contributed by atoms with van der Waals surface area (Å²) < 4.78 is 23.1. The number of amides is 1. The molecule has 0 spiro atoms. The zero-order chi connectivity index (χ0) is 16.9. The molecule has 0 radical (unpaired) electrons. The fourth-order valence-corrected chi connectivity index (χ4v) is 6.14. The number of nitrogen functional groups attached to an aromatic ring is 1. The van der Waals surface area contributed by atoms with Crippen molar-refractivity contribution < 1.29 is 13.2 Å². The Bertz CT molecular complexity index is 936. The standard InChI is InChI=1S/C15H18N4O3S2/c16-12-11-9-3-1-2-4-10(9)18-19-15(11)23-13(12)14(20)17-8-5-6-24(21,22)7-8/h8H,1-7,16H2,(H,17,20). The van der Waals surface area contributed by atoms with Crippen LogP contribution in [0.4, 0.5) is 5.69 Å². The summed E-state index contributed by atoms with van der Waals surface area (Å²) in [7, 11) is -3.04. The Labute approximate surface area is 143 Å². The number of rotatable bonds is 2. The fourth-order valence-electron chi connectivity index (χ4n) is 3.50. The van der Waals surface area contributed by atoms with Crippen LogP contribution in [0.1, 0.15) is 40.2 Å². The van der Waals surface area contributed by atoms with E-state index >= 15 is 0 Å². The molecule has 0 saturated carbocycles. The molecule has 2 aromatic rings. The van der Waals surface area contributed by atoms with Crippen molar-refractivity contribution in [2.45, 2.75) is 38.1 Å². The van der Waals surface area contributed by atoms with Gasteiger partial charge in [0.25, 0.3) is 5.91 Å². The minimum absolute atomic E-state index is 0.00125. The number of aromatic nitrogens is 2. The predicted molar refractivity (Wildman–Crippen MR) is 93.0 cm³/mol. The van der Waals surface area contributed by atoms with Gasteiger partial charge in [0.15, 0.2) is 9.84 Å². The molecule has 1 atom stereocenters. The quantitative estimate of drug-likeness (QED) is 0.821. The molecule has 1 amide bonds. The Balaban J connectivity index is 1.67. The number of hydrogen-bond acceptors (Lipinski definition) is 7. The van der Waals surface area contributed by atoms with E-state index in [4.69, 9.17) is 5.73 Å². The highest BCUT2D eigenvalue weighted by molar-refractivity contribution is 7.91. The van der Waals surface area contributed by atoms with E-state index < -0.39 is 9.84 Å². The number of sulfone groups is 1. The smallest absolute Gasteiger partial charge is 0.263 e. The van der Waals surface area contributed by atoms with Crippen LogP contribution in [0.3, 0.4) is 0 Å². The van der Waals surface area contributed by atoms with E-state index in [1.807, 2.05) is 0 Å². The Morgan fingerprint density at radius 1 is 1.25 bits per heavy atom. The molecule has 1 saturated heterocycles. The summed E-state index contributed by atoms with van der Waals surface area (Å²) in [5, 5.41) is 12.2. The topological polar surface area (TPSA) is 115 Å². The number of nitrogens with two attached hydrogens (primary N) is 1. The summed E-state index contributed by atoms with van der Waals surface area (Å²) in [6.07, 6.45) is 4.44. The van der Waals surface area contributed by atoms with Crippen molar-refractivity contribution >= 4 is 43.0 Å². The maximum atomic E-state index is 12.5. The fraction of sp³-hybridized carbons (Fsp3) is 0.533. The van der Waals surface area contributed by atoms with E-state index in [1.165, 1.54) is 11.3 Å². The van der Waals surface area contributed by atoms with Gasteiger partial charge in [-0.3, -0.25) is 4.79 Å². The van der Waals surface area contributed by atoms with E-state index in [-0.39, 0.29) is 23.5 Å². The molecule has 3 heterocycles. The van der Waals surface area contributed by atoms with Crippen molar-refractivity contribution in [1.29, 1.82) is 0 Å². The maximum Gasteiger partial charge on any atom is 0.263 e. The first-order valence-corrected chi connectivity index (χ1v) is 10.7. The number of carbonyl (C=O) groups excluding carboxylic acids is 1. The summed E-state index contributed by atoms with van der Waals surface area (Å²) in [6.45, 7) is 0. The van der Waals surface area contributed by atoms with Gasteiger partial charge in [0.2, 0.25) is 0 Å². The highest BCUT2D eigenvalue weighted by Crippen LogP contribution is 2.37. The number of carbonyl (C=O) groups is 1. The Morgan fingerprint density at radius 3 is 2.79 bits per heavy atom. The summed E-state index contributed by atoms with van der Waals surface area (Å²) in [5.74, 6) is -0.195. The van der Waals surface area contributed by atoms with Gasteiger partial charge in [0, 0.05) is 11.4 Å². The molecule has 2 aliphatic rings. The first kappa shape index (κ1) is 15.8. The third-order valence-corrected chi connectivity index (χ3v) is 7.56. The minimum atomic E-state index is -3.04. The molecule has 1 unspecified atom stereocenters. The van der Waals surface area contributed by atoms with Gasteiger partial charge in [-0.25, -0.2) is 8.42 Å². The van der Waals surface area contributed by atoms with Gasteiger partial charge < -0.3 is 11.1 Å². The van der Waals surface area contributed by atoms with Gasteiger partial charge in [0.1, 0.15) is 9.71 Å². The van der Waals surface area contributed by atoms with Crippen LogP contribution in [-0.2, 0) is 22.7 Å². The van der Waals surface area contributed by atoms with E-state index in [9.17, 15) is 13.2 Å². The Kier molecular flexibility index (Phi) is 3.72. The monoisotopic (exact) mass is 366 g/mol. The van der Waals surface area contributed by atoms with Crippen molar-refractivity contribution in [2.24, 2.45) is 0 Å². The molecule has 9 heteroatoms. The van der Waals surface area contributed by atoms with E-state index in [1.54, 1.807) is 0 Å². The highest BCUT2D eigenvalue weighted by atomic mass is 32.2. The van der Waals surface area contributed by atoms with Crippen LogP contribution in [0.25, 0.3) is 10.2 Å². The third-order valence-electron chi connectivity index (χ3n) is 4.70. The molecule has 0 aromatic carbocycles. The number of anilines is 1. The molecule has 2 aromatic heterocycles. The number of thiophene rings is 1. The second-order valence-electron chi connectivity index (χ2n) is 6.43. The summed E-state index contributed by atoms with van der Waals surface area (Å²) in [5.41, 5.74) is 8.79. The molecular formula is C15H18N4O3S2. The van der Waals surface area contributed by atoms with Crippen LogP contribution in [0, 0.1) is 0 Å². The normalized spacial score (nSPS) is 22.4. The van der Waals surface area contributed by atoms with Gasteiger partial charge >= 0.3 is 0 Å². The third kappa shape index (κ3) is 2.65. The molecule has 4 rings (SSSR count). The van der Waals surface area contributed by atoms with Crippen LogP contribution in [0.2, 0.25) is 0 Å². The van der Waals surface area contributed by atoms with E-state index in [0.29, 0.717) is 21.8 Å². The molecule has 24 heavy (non-hydrogen) atoms. The number of fused-ring (bicyclic) bond motifs is 3. The lowest BCUT2D eigenvalue weighted by Gasteiger charge is -2.14. The summed E-state index contributed by atoms with van der Waals surface area (Å²) >= 11 is 1.23. The van der Waals surface area contributed by atoms with Gasteiger partial charge in [-0.15, -0.1) is 16.4 Å². The lowest BCUT2D eigenvalue weighted by atomic mass is 9.94. The molecule has 1 aliphatic heterocycles. The number of hydrogen-bond donors (Lipinski definition) is 2. The van der Waals surface area contributed by atoms with Crippen LogP contribution in [0.15, 0.2) is 0 Å². The predicted octanol–water partition coefficient (Wildman–Crippen LogP) is 1.07. The lowest BCUT2D eigenvalue weighted by molar-refractivity contribution is 0.0946. The van der Waals surface area contributed by atoms with Crippen molar-refractivity contribution in [3.8, 4) is 0 Å². The maximum absolute atomic E-state index is 12.5. The highest BCUT2D eigenvalue weighted by Gasteiger charge is 2.31. The number of nitrogens with zero attached hydrogens (tertiary/aromatic N) is 2. The molecule has 1 aliphatic carbocycles. The number of nitrogens with one attached hydrogen (secondary N) is 1. The average Bonchev–Trinajstić information content (AvgIpc) is 3.07. The molecule has 128 valence electrons. The minimum Gasteiger partial charge on any atom is -0.397 e. The van der Waals surface area contributed by atoms with Gasteiger partial charge in [0.05, 0.1) is 22.9 Å².